The SMILES string of the molecule is CC1CN(C(=O)c2cnn3ccccc23)CCC1N.Cl. The number of likely N-dealkylation sites (tertiary alicyclic amines) is 1. The minimum absolute atomic E-state index is 0. The van der Waals surface area contributed by atoms with Crippen molar-refractivity contribution < 1.29 is 4.79 Å². The molecule has 108 valence electrons. The van der Waals surface area contributed by atoms with E-state index in [1.54, 1.807) is 10.7 Å². The van der Waals surface area contributed by atoms with E-state index in [0.717, 1.165) is 25.0 Å². The summed E-state index contributed by atoms with van der Waals surface area (Å²) in [6.45, 7) is 3.55. The Labute approximate surface area is 124 Å². The van der Waals surface area contributed by atoms with Crippen molar-refractivity contribution in [3.8, 4) is 0 Å². The summed E-state index contributed by atoms with van der Waals surface area (Å²) in [4.78, 5) is 14.4. The van der Waals surface area contributed by atoms with Gasteiger partial charge in [0.1, 0.15) is 0 Å². The maximum atomic E-state index is 12.6. The number of fused-ring (bicyclic) bond motifs is 1. The highest BCUT2D eigenvalue weighted by molar-refractivity contribution is 6.00. The van der Waals surface area contributed by atoms with Crippen LogP contribution in [0.25, 0.3) is 5.52 Å². The standard InChI is InChI=1S/C14H18N4O.ClH/c1-10-9-17(7-5-12(10)15)14(19)11-8-16-18-6-3-2-4-13(11)18;/h2-4,6,8,10,12H,5,7,9,15H2,1H3;1H. The molecule has 0 aliphatic carbocycles. The summed E-state index contributed by atoms with van der Waals surface area (Å²) < 4.78 is 1.73. The maximum Gasteiger partial charge on any atom is 0.257 e. The van der Waals surface area contributed by atoms with Crippen molar-refractivity contribution >= 4 is 23.8 Å². The lowest BCUT2D eigenvalue weighted by atomic mass is 9.94. The molecule has 1 fully saturated rings. The van der Waals surface area contributed by atoms with E-state index in [-0.39, 0.29) is 24.4 Å². The van der Waals surface area contributed by atoms with Crippen molar-refractivity contribution in [2.75, 3.05) is 13.1 Å². The molecule has 1 aliphatic heterocycles. The summed E-state index contributed by atoms with van der Waals surface area (Å²) in [5.41, 5.74) is 7.52. The van der Waals surface area contributed by atoms with Crippen LogP contribution in [0, 0.1) is 5.92 Å². The number of amides is 1. The number of rotatable bonds is 1. The van der Waals surface area contributed by atoms with Crippen molar-refractivity contribution in [1.29, 1.82) is 0 Å². The van der Waals surface area contributed by atoms with Gasteiger partial charge < -0.3 is 10.6 Å². The molecule has 3 rings (SSSR count). The molecule has 0 radical (unpaired) electrons. The zero-order chi connectivity index (χ0) is 13.4. The first-order chi connectivity index (χ1) is 9.16. The summed E-state index contributed by atoms with van der Waals surface area (Å²) in [5.74, 6) is 0.402. The maximum absolute atomic E-state index is 12.6. The molecule has 0 bridgehead atoms. The second-order valence-electron chi connectivity index (χ2n) is 5.27. The predicted octanol–water partition coefficient (Wildman–Crippen LogP) is 1.57. The molecule has 1 saturated heterocycles. The van der Waals surface area contributed by atoms with Crippen LogP contribution >= 0.6 is 12.4 Å². The molecule has 6 heteroatoms. The molecule has 0 spiro atoms. The van der Waals surface area contributed by atoms with Gasteiger partial charge in [-0.25, -0.2) is 4.52 Å². The molecule has 1 amide bonds. The Morgan fingerprint density at radius 1 is 1.45 bits per heavy atom. The van der Waals surface area contributed by atoms with Crippen molar-refractivity contribution in [3.05, 3.63) is 36.2 Å². The number of hydrogen-bond donors (Lipinski definition) is 1. The first-order valence-electron chi connectivity index (χ1n) is 6.64. The zero-order valence-corrected chi connectivity index (χ0v) is 12.2. The fraction of sp³-hybridized carbons (Fsp3) is 0.429. The predicted molar refractivity (Wildman–Crippen MR) is 80.1 cm³/mol. The number of carbonyl (C=O) groups is 1. The normalized spacial score (nSPS) is 22.6. The Kier molecular flexibility index (Phi) is 4.30. The van der Waals surface area contributed by atoms with Crippen LogP contribution in [0.3, 0.4) is 0 Å². The van der Waals surface area contributed by atoms with Crippen LogP contribution in [-0.2, 0) is 0 Å². The summed E-state index contributed by atoms with van der Waals surface area (Å²) in [5, 5.41) is 4.21. The number of hydrogen-bond acceptors (Lipinski definition) is 3. The Bertz CT molecular complexity index is 612. The van der Waals surface area contributed by atoms with Crippen LogP contribution in [0.5, 0.6) is 0 Å². The van der Waals surface area contributed by atoms with Crippen LogP contribution in [-0.4, -0.2) is 39.6 Å². The second kappa shape index (κ2) is 5.81. The molecular formula is C14H19ClN4O. The second-order valence-corrected chi connectivity index (χ2v) is 5.27. The molecule has 1 aliphatic rings. The highest BCUT2D eigenvalue weighted by Crippen LogP contribution is 2.19. The Morgan fingerprint density at radius 2 is 2.25 bits per heavy atom. The van der Waals surface area contributed by atoms with Crippen molar-refractivity contribution in [2.24, 2.45) is 11.7 Å². The Hall–Kier alpha value is -1.59. The lowest BCUT2D eigenvalue weighted by Crippen LogP contribution is -2.48. The fourth-order valence-electron chi connectivity index (χ4n) is 2.62. The van der Waals surface area contributed by atoms with Crippen LogP contribution in [0.15, 0.2) is 30.6 Å². The number of pyridine rings is 1. The average Bonchev–Trinajstić information content (AvgIpc) is 2.85. The van der Waals surface area contributed by atoms with Crippen LogP contribution in [0.1, 0.15) is 23.7 Å². The molecule has 2 aromatic rings. The van der Waals surface area contributed by atoms with E-state index in [1.165, 1.54) is 0 Å². The van der Waals surface area contributed by atoms with Crippen molar-refractivity contribution in [1.82, 2.24) is 14.5 Å². The Morgan fingerprint density at radius 3 is 3.00 bits per heavy atom. The summed E-state index contributed by atoms with van der Waals surface area (Å²) >= 11 is 0. The van der Waals surface area contributed by atoms with Gasteiger partial charge in [0.15, 0.2) is 0 Å². The Balaban J connectivity index is 0.00000147. The third-order valence-corrected chi connectivity index (χ3v) is 3.92. The minimum Gasteiger partial charge on any atom is -0.338 e. The van der Waals surface area contributed by atoms with Crippen LogP contribution in [0.4, 0.5) is 0 Å². The lowest BCUT2D eigenvalue weighted by Gasteiger charge is -2.34. The van der Waals surface area contributed by atoms with Crippen LogP contribution in [0.2, 0.25) is 0 Å². The highest BCUT2D eigenvalue weighted by Gasteiger charge is 2.28. The quantitative estimate of drug-likeness (QED) is 0.868. The van der Waals surface area contributed by atoms with Crippen molar-refractivity contribution in [3.63, 3.8) is 0 Å². The number of nitrogens with zero attached hydrogens (tertiary/aromatic N) is 3. The highest BCUT2D eigenvalue weighted by atomic mass is 35.5. The van der Waals surface area contributed by atoms with Gasteiger partial charge in [0.2, 0.25) is 0 Å². The molecule has 5 nitrogen and oxygen atoms in total. The minimum atomic E-state index is 0. The average molecular weight is 295 g/mol. The van der Waals surface area contributed by atoms with E-state index >= 15 is 0 Å². The van der Waals surface area contributed by atoms with E-state index in [9.17, 15) is 4.79 Å². The lowest BCUT2D eigenvalue weighted by molar-refractivity contribution is 0.0666. The van der Waals surface area contributed by atoms with Gasteiger partial charge in [-0.3, -0.25) is 4.79 Å². The van der Waals surface area contributed by atoms with E-state index in [1.807, 2.05) is 29.3 Å². The van der Waals surface area contributed by atoms with E-state index in [4.69, 9.17) is 5.73 Å². The molecule has 2 atom stereocenters. The van der Waals surface area contributed by atoms with Gasteiger partial charge in [-0.15, -0.1) is 12.4 Å². The topological polar surface area (TPSA) is 63.6 Å². The number of halogens is 1. The van der Waals surface area contributed by atoms with E-state index in [2.05, 4.69) is 12.0 Å². The van der Waals surface area contributed by atoms with Gasteiger partial charge in [-0.1, -0.05) is 13.0 Å². The largest absolute Gasteiger partial charge is 0.338 e. The van der Waals surface area contributed by atoms with Crippen LogP contribution < -0.4 is 5.73 Å². The fourth-order valence-corrected chi connectivity index (χ4v) is 2.62. The number of carbonyl (C=O) groups excluding carboxylic acids is 1. The van der Waals surface area contributed by atoms with Gasteiger partial charge >= 0.3 is 0 Å². The molecule has 2 unspecified atom stereocenters. The summed E-state index contributed by atoms with van der Waals surface area (Å²) in [7, 11) is 0. The molecular weight excluding hydrogens is 276 g/mol. The molecule has 2 N–H and O–H groups in total. The molecule has 20 heavy (non-hydrogen) atoms. The first kappa shape index (κ1) is 14.8. The molecule has 0 saturated carbocycles. The third-order valence-electron chi connectivity index (χ3n) is 3.92. The number of piperidine rings is 1. The molecule has 2 aromatic heterocycles. The number of nitrogens with two attached hydrogens (primary N) is 1. The number of aromatic nitrogens is 2. The summed E-state index contributed by atoms with van der Waals surface area (Å²) in [6, 6.07) is 5.94. The van der Waals surface area contributed by atoms with Gasteiger partial charge in [0.25, 0.3) is 5.91 Å². The van der Waals surface area contributed by atoms with E-state index in [0.29, 0.717) is 11.5 Å². The molecule has 0 aromatic carbocycles. The first-order valence-corrected chi connectivity index (χ1v) is 6.64. The smallest absolute Gasteiger partial charge is 0.257 e. The molecule has 3 heterocycles. The van der Waals surface area contributed by atoms with Crippen molar-refractivity contribution in [2.45, 2.75) is 19.4 Å². The van der Waals surface area contributed by atoms with E-state index < -0.39 is 0 Å². The van der Waals surface area contributed by atoms with Gasteiger partial charge in [0, 0.05) is 25.3 Å². The van der Waals surface area contributed by atoms with Gasteiger partial charge in [0.05, 0.1) is 17.3 Å². The monoisotopic (exact) mass is 294 g/mol. The zero-order valence-electron chi connectivity index (χ0n) is 11.4. The summed E-state index contributed by atoms with van der Waals surface area (Å²) in [6.07, 6.45) is 4.36. The van der Waals surface area contributed by atoms with Gasteiger partial charge in [-0.2, -0.15) is 5.10 Å². The third kappa shape index (κ3) is 2.51. The van der Waals surface area contributed by atoms with Gasteiger partial charge in [-0.05, 0) is 24.5 Å².